The van der Waals surface area contributed by atoms with Crippen molar-refractivity contribution in [3.63, 3.8) is 0 Å². The Balaban J connectivity index is 1.66. The molecule has 0 radical (unpaired) electrons. The zero-order valence-corrected chi connectivity index (χ0v) is 17.0. The Labute approximate surface area is 182 Å². The van der Waals surface area contributed by atoms with Gasteiger partial charge in [0.1, 0.15) is 0 Å². The van der Waals surface area contributed by atoms with Gasteiger partial charge in [-0.15, -0.1) is 0 Å². The molecule has 2 aromatic carbocycles. The summed E-state index contributed by atoms with van der Waals surface area (Å²) in [6, 6.07) is 6.33. The molecule has 0 aliphatic carbocycles. The summed E-state index contributed by atoms with van der Waals surface area (Å²) >= 11 is 0. The van der Waals surface area contributed by atoms with Crippen molar-refractivity contribution in [2.45, 2.75) is 0 Å². The number of ether oxygens (including phenoxy) is 2. The third kappa shape index (κ3) is 2.10. The normalized spacial score (nSPS) is 17.4. The third-order valence-electron chi connectivity index (χ3n) is 6.09. The van der Waals surface area contributed by atoms with Crippen molar-refractivity contribution in [2.24, 2.45) is 0 Å². The van der Waals surface area contributed by atoms with Crippen LogP contribution in [0.1, 0.15) is 22.3 Å². The van der Waals surface area contributed by atoms with Crippen LogP contribution in [0.2, 0.25) is 0 Å². The molecule has 2 N–H and O–H groups in total. The predicted octanol–water partition coefficient (Wildman–Crippen LogP) is 2.89. The van der Waals surface area contributed by atoms with Gasteiger partial charge in [-0.05, 0) is 47.5 Å². The van der Waals surface area contributed by atoms with E-state index in [9.17, 15) is 19.8 Å². The SMILES string of the molecule is COc1cc2c(cc1OC)C1=C3C(=O)N4C=Cc5cc(O)c(O)cc5C4=C3C(=O)N1C=C2. The average molecular weight is 428 g/mol. The number of hydrogen-bond acceptors (Lipinski definition) is 6. The van der Waals surface area contributed by atoms with Crippen LogP contribution in [-0.4, -0.2) is 46.0 Å². The first-order chi connectivity index (χ1) is 15.4. The topological polar surface area (TPSA) is 99.5 Å². The molecule has 0 atom stereocenters. The molecule has 8 nitrogen and oxygen atoms in total. The first-order valence-electron chi connectivity index (χ1n) is 9.79. The van der Waals surface area contributed by atoms with E-state index in [4.69, 9.17) is 9.47 Å². The monoisotopic (exact) mass is 428 g/mol. The lowest BCUT2D eigenvalue weighted by Crippen LogP contribution is -2.26. The molecule has 4 heterocycles. The zero-order chi connectivity index (χ0) is 22.3. The highest BCUT2D eigenvalue weighted by molar-refractivity contribution is 6.32. The molecule has 2 amide bonds. The smallest absolute Gasteiger partial charge is 0.265 e. The van der Waals surface area contributed by atoms with Crippen molar-refractivity contribution < 1.29 is 29.3 Å². The van der Waals surface area contributed by atoms with E-state index in [1.54, 1.807) is 43.8 Å². The van der Waals surface area contributed by atoms with Crippen LogP contribution in [0, 0.1) is 0 Å². The Morgan fingerprint density at radius 1 is 0.688 bits per heavy atom. The summed E-state index contributed by atoms with van der Waals surface area (Å²) in [6.45, 7) is 0. The molecular formula is C24H16N2O6. The van der Waals surface area contributed by atoms with Crippen molar-refractivity contribution in [1.82, 2.24) is 9.80 Å². The largest absolute Gasteiger partial charge is 0.504 e. The number of amides is 2. The Hall–Kier alpha value is -4.46. The molecule has 0 aromatic heterocycles. The average Bonchev–Trinajstić information content (AvgIpc) is 3.26. The number of carbonyl (C=O) groups is 2. The molecule has 158 valence electrons. The Morgan fingerprint density at radius 3 is 1.72 bits per heavy atom. The lowest BCUT2D eigenvalue weighted by atomic mass is 9.95. The summed E-state index contributed by atoms with van der Waals surface area (Å²) < 4.78 is 10.8. The molecule has 0 spiro atoms. The number of rotatable bonds is 2. The first-order valence-corrected chi connectivity index (χ1v) is 9.79. The number of benzene rings is 2. The van der Waals surface area contributed by atoms with Crippen molar-refractivity contribution in [2.75, 3.05) is 14.2 Å². The maximum Gasteiger partial charge on any atom is 0.265 e. The van der Waals surface area contributed by atoms with Crippen LogP contribution >= 0.6 is 0 Å². The van der Waals surface area contributed by atoms with Gasteiger partial charge in [0.15, 0.2) is 23.0 Å². The summed E-state index contributed by atoms with van der Waals surface area (Å²) in [7, 11) is 3.07. The summed E-state index contributed by atoms with van der Waals surface area (Å²) in [4.78, 5) is 29.8. The minimum Gasteiger partial charge on any atom is -0.504 e. The van der Waals surface area contributed by atoms with E-state index in [1.807, 2.05) is 0 Å². The summed E-state index contributed by atoms with van der Waals surface area (Å²) in [5, 5.41) is 19.9. The van der Waals surface area contributed by atoms with E-state index in [0.29, 0.717) is 39.6 Å². The molecule has 0 saturated heterocycles. The van der Waals surface area contributed by atoms with Crippen LogP contribution in [0.15, 0.2) is 47.8 Å². The number of fused-ring (bicyclic) bond motifs is 7. The number of phenolic OH excluding ortho intramolecular Hbond substituents is 2. The van der Waals surface area contributed by atoms with Crippen molar-refractivity contribution >= 4 is 35.4 Å². The second kappa shape index (κ2) is 6.04. The maximum absolute atomic E-state index is 13.5. The van der Waals surface area contributed by atoms with Crippen molar-refractivity contribution in [1.29, 1.82) is 0 Å². The Bertz CT molecular complexity index is 1410. The Morgan fingerprint density at radius 2 is 1.16 bits per heavy atom. The van der Waals surface area contributed by atoms with Crippen LogP contribution in [0.25, 0.3) is 23.5 Å². The molecule has 0 bridgehead atoms. The zero-order valence-electron chi connectivity index (χ0n) is 17.0. The van der Waals surface area contributed by atoms with Gasteiger partial charge in [-0.1, -0.05) is 0 Å². The van der Waals surface area contributed by atoms with E-state index in [1.165, 1.54) is 29.0 Å². The number of methoxy groups -OCH3 is 2. The van der Waals surface area contributed by atoms with Gasteiger partial charge in [-0.3, -0.25) is 19.4 Å². The number of phenols is 2. The second-order valence-corrected chi connectivity index (χ2v) is 7.65. The van der Waals surface area contributed by atoms with Gasteiger partial charge in [0, 0.05) is 23.5 Å². The highest BCUT2D eigenvalue weighted by atomic mass is 16.5. The number of carbonyl (C=O) groups excluding carboxylic acids is 2. The van der Waals surface area contributed by atoms with Crippen LogP contribution < -0.4 is 9.47 Å². The standard InChI is InChI=1S/C24H16N2O6/c1-31-17-8-12-4-6-26-22(14(12)10-18(17)32-2)20-19(23(26)29)21-13-9-16(28)15(27)7-11(13)3-5-25(21)24(20)30/h3-10,27-28H,1-2H3. The second-order valence-electron chi connectivity index (χ2n) is 7.65. The summed E-state index contributed by atoms with van der Waals surface area (Å²) in [5.74, 6) is -0.260. The quantitative estimate of drug-likeness (QED) is 0.714. The molecule has 6 rings (SSSR count). The summed E-state index contributed by atoms with van der Waals surface area (Å²) in [6.07, 6.45) is 6.65. The van der Waals surface area contributed by atoms with E-state index in [-0.39, 0.29) is 34.5 Å². The third-order valence-corrected chi connectivity index (χ3v) is 6.09. The van der Waals surface area contributed by atoms with Gasteiger partial charge >= 0.3 is 0 Å². The maximum atomic E-state index is 13.5. The lowest BCUT2D eigenvalue weighted by molar-refractivity contribution is -0.122. The van der Waals surface area contributed by atoms with E-state index in [2.05, 4.69) is 0 Å². The molecule has 32 heavy (non-hydrogen) atoms. The molecule has 4 aliphatic heterocycles. The Kier molecular flexibility index (Phi) is 3.46. The van der Waals surface area contributed by atoms with Crippen LogP contribution in [0.3, 0.4) is 0 Å². The fourth-order valence-electron chi connectivity index (χ4n) is 4.63. The van der Waals surface area contributed by atoms with Crippen LogP contribution in [0.5, 0.6) is 23.0 Å². The highest BCUT2D eigenvalue weighted by Crippen LogP contribution is 2.52. The van der Waals surface area contributed by atoms with Gasteiger partial charge in [-0.2, -0.15) is 0 Å². The highest BCUT2D eigenvalue weighted by Gasteiger charge is 2.50. The predicted molar refractivity (Wildman–Crippen MR) is 115 cm³/mol. The summed E-state index contributed by atoms with van der Waals surface area (Å²) in [5.41, 5.74) is 3.96. The van der Waals surface area contributed by atoms with E-state index < -0.39 is 0 Å². The van der Waals surface area contributed by atoms with Gasteiger partial charge in [-0.25, -0.2) is 0 Å². The van der Waals surface area contributed by atoms with E-state index >= 15 is 0 Å². The molecule has 4 aliphatic rings. The van der Waals surface area contributed by atoms with E-state index in [0.717, 1.165) is 5.56 Å². The molecule has 0 unspecified atom stereocenters. The minimum atomic E-state index is -0.341. The number of nitrogens with zero attached hydrogens (tertiary/aromatic N) is 2. The van der Waals surface area contributed by atoms with Crippen LogP contribution in [-0.2, 0) is 9.59 Å². The van der Waals surface area contributed by atoms with Gasteiger partial charge in [0.2, 0.25) is 0 Å². The van der Waals surface area contributed by atoms with Crippen molar-refractivity contribution in [3.8, 4) is 23.0 Å². The minimum absolute atomic E-state index is 0.257. The number of hydrogen-bond donors (Lipinski definition) is 2. The van der Waals surface area contributed by atoms with Gasteiger partial charge < -0.3 is 19.7 Å². The van der Waals surface area contributed by atoms with Crippen LogP contribution in [0.4, 0.5) is 0 Å². The molecule has 0 fully saturated rings. The molecular weight excluding hydrogens is 412 g/mol. The van der Waals surface area contributed by atoms with Gasteiger partial charge in [0.25, 0.3) is 11.8 Å². The molecule has 0 saturated carbocycles. The lowest BCUT2D eigenvalue weighted by Gasteiger charge is -2.27. The van der Waals surface area contributed by atoms with Crippen molar-refractivity contribution in [3.05, 3.63) is 70.1 Å². The first kappa shape index (κ1) is 18.3. The van der Waals surface area contributed by atoms with Gasteiger partial charge in [0.05, 0.1) is 36.8 Å². The number of aromatic hydroxyl groups is 2. The fourth-order valence-corrected chi connectivity index (χ4v) is 4.63. The fraction of sp³-hybridized carbons (Fsp3) is 0.0833. The molecule has 8 heteroatoms. The molecule has 2 aromatic rings.